The maximum atomic E-state index is 11.5. The molecular weight excluding hydrogens is 208 g/mol. The van der Waals surface area contributed by atoms with E-state index >= 15 is 0 Å². The first-order chi connectivity index (χ1) is 7.67. The van der Waals surface area contributed by atoms with E-state index in [1.807, 2.05) is 4.90 Å². The van der Waals surface area contributed by atoms with Gasteiger partial charge >= 0.3 is 0 Å². The van der Waals surface area contributed by atoms with Crippen LogP contribution in [0.3, 0.4) is 0 Å². The third kappa shape index (κ3) is 3.90. The summed E-state index contributed by atoms with van der Waals surface area (Å²) in [5.74, 6) is 0.165. The summed E-state index contributed by atoms with van der Waals surface area (Å²) in [6.45, 7) is 2.11. The lowest BCUT2D eigenvalue weighted by Crippen LogP contribution is -2.44. The van der Waals surface area contributed by atoms with Crippen LogP contribution in [0.5, 0.6) is 0 Å². The molecule has 0 bridgehead atoms. The monoisotopic (exact) mass is 228 g/mol. The minimum atomic E-state index is 0.0223. The molecule has 0 spiro atoms. The number of hydrogen-bond acceptors (Lipinski definition) is 4. The van der Waals surface area contributed by atoms with Crippen LogP contribution in [0, 0.1) is 5.92 Å². The van der Waals surface area contributed by atoms with Crippen molar-refractivity contribution in [1.82, 2.24) is 10.2 Å². The fourth-order valence-electron chi connectivity index (χ4n) is 2.07. The summed E-state index contributed by atoms with van der Waals surface area (Å²) in [6, 6.07) is 0. The fourth-order valence-corrected chi connectivity index (χ4v) is 2.07. The van der Waals surface area contributed by atoms with Crippen LogP contribution in [-0.4, -0.2) is 57.0 Å². The fraction of sp³-hybridized carbons (Fsp3) is 0.818. The predicted octanol–water partition coefficient (Wildman–Crippen LogP) is -0.340. The minimum Gasteiger partial charge on any atom is -0.377 e. The van der Waals surface area contributed by atoms with Crippen molar-refractivity contribution in [2.75, 3.05) is 40.4 Å². The van der Waals surface area contributed by atoms with Crippen molar-refractivity contribution >= 4 is 11.7 Å². The number of likely N-dealkylation sites (tertiary alicyclic amines) is 1. The average molecular weight is 228 g/mol. The highest BCUT2D eigenvalue weighted by Crippen LogP contribution is 2.16. The minimum absolute atomic E-state index is 0.0223. The molecule has 0 aromatic heterocycles. The number of amides is 1. The lowest BCUT2D eigenvalue weighted by Gasteiger charge is -2.31. The number of carbonyl (C=O) groups excluding carboxylic acids is 2. The molecule has 1 heterocycles. The first-order valence-electron chi connectivity index (χ1n) is 5.62. The number of rotatable bonds is 5. The zero-order valence-corrected chi connectivity index (χ0v) is 9.99. The Hall–Kier alpha value is -0.940. The smallest absolute Gasteiger partial charge is 0.224 e. The molecule has 1 rings (SSSR count). The number of hydrogen-bond donors (Lipinski definition) is 1. The lowest BCUT2D eigenvalue weighted by atomic mass is 9.97. The molecule has 1 aliphatic heterocycles. The van der Waals surface area contributed by atoms with Gasteiger partial charge in [0, 0.05) is 20.7 Å². The molecule has 1 amide bonds. The van der Waals surface area contributed by atoms with E-state index in [0.717, 1.165) is 19.4 Å². The van der Waals surface area contributed by atoms with Gasteiger partial charge in [-0.05, 0) is 19.4 Å². The summed E-state index contributed by atoms with van der Waals surface area (Å²) >= 11 is 0. The zero-order valence-electron chi connectivity index (χ0n) is 9.99. The summed E-state index contributed by atoms with van der Waals surface area (Å²) in [5, 5.41) is 2.66. The van der Waals surface area contributed by atoms with E-state index < -0.39 is 0 Å². The molecule has 0 aromatic rings. The summed E-state index contributed by atoms with van der Waals surface area (Å²) in [6.07, 6.45) is 1.88. The van der Waals surface area contributed by atoms with Crippen LogP contribution in [-0.2, 0) is 14.3 Å². The largest absolute Gasteiger partial charge is 0.377 e. The average Bonchev–Trinajstić information content (AvgIpc) is 2.28. The third-order valence-electron chi connectivity index (χ3n) is 2.83. The Bertz CT molecular complexity index is 256. The van der Waals surface area contributed by atoms with E-state index in [4.69, 9.17) is 4.74 Å². The van der Waals surface area contributed by atoms with Gasteiger partial charge in [0.2, 0.25) is 5.91 Å². The first-order valence-corrected chi connectivity index (χ1v) is 5.62. The quantitative estimate of drug-likeness (QED) is 0.699. The van der Waals surface area contributed by atoms with E-state index in [2.05, 4.69) is 5.32 Å². The van der Waals surface area contributed by atoms with Crippen LogP contribution in [0.15, 0.2) is 0 Å². The van der Waals surface area contributed by atoms with Gasteiger partial charge in [0.1, 0.15) is 6.61 Å². The molecule has 5 heteroatoms. The molecule has 0 aliphatic carbocycles. The van der Waals surface area contributed by atoms with Crippen molar-refractivity contribution in [3.63, 3.8) is 0 Å². The summed E-state index contributed by atoms with van der Waals surface area (Å²) in [7, 11) is 3.17. The maximum absolute atomic E-state index is 11.5. The standard InChI is InChI=1S/C11H20N2O3/c1-12-11(15)9-4-3-5-13(6-9)7-10(14)8-16-2/h9H,3-8H2,1-2H3,(H,12,15). The van der Waals surface area contributed by atoms with Gasteiger partial charge in [-0.3, -0.25) is 14.5 Å². The van der Waals surface area contributed by atoms with Gasteiger partial charge in [-0.15, -0.1) is 0 Å². The van der Waals surface area contributed by atoms with Crippen LogP contribution in [0.2, 0.25) is 0 Å². The Morgan fingerprint density at radius 1 is 1.50 bits per heavy atom. The number of nitrogens with zero attached hydrogens (tertiary/aromatic N) is 1. The number of Topliss-reactive ketones (excluding diaryl/α,β-unsaturated/α-hetero) is 1. The number of methoxy groups -OCH3 is 1. The molecule has 1 N–H and O–H groups in total. The second kappa shape index (κ2) is 6.60. The highest BCUT2D eigenvalue weighted by molar-refractivity contribution is 5.82. The molecule has 16 heavy (non-hydrogen) atoms. The molecular formula is C11H20N2O3. The first kappa shape index (κ1) is 13.1. The molecule has 1 atom stereocenters. The van der Waals surface area contributed by atoms with Crippen molar-refractivity contribution in [3.8, 4) is 0 Å². The van der Waals surface area contributed by atoms with Crippen molar-refractivity contribution in [2.45, 2.75) is 12.8 Å². The number of ether oxygens (including phenoxy) is 1. The number of piperidine rings is 1. The molecule has 5 nitrogen and oxygen atoms in total. The summed E-state index contributed by atoms with van der Waals surface area (Å²) in [4.78, 5) is 24.9. The van der Waals surface area contributed by atoms with Gasteiger partial charge < -0.3 is 10.1 Å². The van der Waals surface area contributed by atoms with Crippen molar-refractivity contribution in [1.29, 1.82) is 0 Å². The molecule has 92 valence electrons. The highest BCUT2D eigenvalue weighted by Gasteiger charge is 2.25. The van der Waals surface area contributed by atoms with E-state index in [1.165, 1.54) is 7.11 Å². The second-order valence-electron chi connectivity index (χ2n) is 4.16. The Morgan fingerprint density at radius 3 is 2.88 bits per heavy atom. The normalized spacial score (nSPS) is 21.8. The van der Waals surface area contributed by atoms with E-state index in [9.17, 15) is 9.59 Å². The van der Waals surface area contributed by atoms with Crippen molar-refractivity contribution < 1.29 is 14.3 Å². The van der Waals surface area contributed by atoms with Crippen LogP contribution in [0.25, 0.3) is 0 Å². The van der Waals surface area contributed by atoms with Gasteiger partial charge in [-0.25, -0.2) is 0 Å². The van der Waals surface area contributed by atoms with Gasteiger partial charge in [0.25, 0.3) is 0 Å². The van der Waals surface area contributed by atoms with Crippen LogP contribution in [0.1, 0.15) is 12.8 Å². The summed E-state index contributed by atoms with van der Waals surface area (Å²) < 4.78 is 4.79. The number of ketones is 1. The Balaban J connectivity index is 2.38. The van der Waals surface area contributed by atoms with Crippen molar-refractivity contribution in [3.05, 3.63) is 0 Å². The van der Waals surface area contributed by atoms with Gasteiger partial charge in [-0.1, -0.05) is 0 Å². The molecule has 1 aliphatic rings. The van der Waals surface area contributed by atoms with Crippen molar-refractivity contribution in [2.24, 2.45) is 5.92 Å². The van der Waals surface area contributed by atoms with Gasteiger partial charge in [0.05, 0.1) is 12.5 Å². The zero-order chi connectivity index (χ0) is 12.0. The Labute approximate surface area is 96.1 Å². The Kier molecular flexibility index (Phi) is 5.42. The third-order valence-corrected chi connectivity index (χ3v) is 2.83. The van der Waals surface area contributed by atoms with E-state index in [0.29, 0.717) is 13.1 Å². The molecule has 1 fully saturated rings. The molecule has 0 saturated carbocycles. The summed E-state index contributed by atoms with van der Waals surface area (Å²) in [5.41, 5.74) is 0. The topological polar surface area (TPSA) is 58.6 Å². The van der Waals surface area contributed by atoms with E-state index in [-0.39, 0.29) is 24.2 Å². The lowest BCUT2D eigenvalue weighted by molar-refractivity contribution is -0.129. The van der Waals surface area contributed by atoms with E-state index in [1.54, 1.807) is 7.05 Å². The van der Waals surface area contributed by atoms with Crippen LogP contribution < -0.4 is 5.32 Å². The van der Waals surface area contributed by atoms with Crippen LogP contribution >= 0.6 is 0 Å². The molecule has 1 saturated heterocycles. The molecule has 0 radical (unpaired) electrons. The molecule has 1 unspecified atom stereocenters. The second-order valence-corrected chi connectivity index (χ2v) is 4.16. The number of carbonyl (C=O) groups is 2. The SMILES string of the molecule is CNC(=O)C1CCCN(CC(=O)COC)C1. The van der Waals surface area contributed by atoms with Gasteiger partial charge in [-0.2, -0.15) is 0 Å². The molecule has 0 aromatic carbocycles. The highest BCUT2D eigenvalue weighted by atomic mass is 16.5. The van der Waals surface area contributed by atoms with Gasteiger partial charge in [0.15, 0.2) is 5.78 Å². The maximum Gasteiger partial charge on any atom is 0.224 e. The number of nitrogens with one attached hydrogen (secondary N) is 1. The van der Waals surface area contributed by atoms with Crippen LogP contribution in [0.4, 0.5) is 0 Å². The predicted molar refractivity (Wildman–Crippen MR) is 60.1 cm³/mol. The Morgan fingerprint density at radius 2 is 2.25 bits per heavy atom.